The Kier molecular flexibility index (Phi) is 4.67. The van der Waals surface area contributed by atoms with Gasteiger partial charge in [-0.15, -0.1) is 0 Å². The third-order valence-electron chi connectivity index (χ3n) is 4.91. The SMILES string of the molecule is COc1ccc(-c2cc(NC3CCNCC3)nc3[nH]ccc23)cc1OC. The van der Waals surface area contributed by atoms with Crippen LogP contribution in [-0.2, 0) is 0 Å². The predicted molar refractivity (Wildman–Crippen MR) is 104 cm³/mol. The maximum Gasteiger partial charge on any atom is 0.161 e. The fraction of sp³-hybridized carbons (Fsp3) is 0.350. The van der Waals surface area contributed by atoms with Crippen molar-refractivity contribution in [2.75, 3.05) is 32.6 Å². The second-order valence-corrected chi connectivity index (χ2v) is 6.53. The van der Waals surface area contributed by atoms with Crippen molar-refractivity contribution in [2.24, 2.45) is 0 Å². The lowest BCUT2D eigenvalue weighted by molar-refractivity contribution is 0.355. The summed E-state index contributed by atoms with van der Waals surface area (Å²) in [5.41, 5.74) is 3.07. The average molecular weight is 352 g/mol. The molecule has 0 bridgehead atoms. The molecule has 1 aromatic carbocycles. The van der Waals surface area contributed by atoms with E-state index in [1.165, 1.54) is 0 Å². The van der Waals surface area contributed by atoms with Gasteiger partial charge in [0, 0.05) is 17.6 Å². The summed E-state index contributed by atoms with van der Waals surface area (Å²) in [7, 11) is 3.31. The van der Waals surface area contributed by atoms with E-state index < -0.39 is 0 Å². The van der Waals surface area contributed by atoms with Gasteiger partial charge in [0.05, 0.1) is 14.2 Å². The molecule has 3 aromatic rings. The van der Waals surface area contributed by atoms with E-state index in [-0.39, 0.29) is 0 Å². The number of aromatic nitrogens is 2. The molecule has 26 heavy (non-hydrogen) atoms. The maximum atomic E-state index is 5.47. The number of ether oxygens (including phenoxy) is 2. The van der Waals surface area contributed by atoms with Crippen LogP contribution >= 0.6 is 0 Å². The van der Waals surface area contributed by atoms with Crippen LogP contribution in [0.2, 0.25) is 0 Å². The van der Waals surface area contributed by atoms with Crippen molar-refractivity contribution in [3.05, 3.63) is 36.5 Å². The lowest BCUT2D eigenvalue weighted by atomic mass is 10.0. The fourth-order valence-corrected chi connectivity index (χ4v) is 3.53. The number of benzene rings is 1. The van der Waals surface area contributed by atoms with Gasteiger partial charge in [-0.25, -0.2) is 4.98 Å². The highest BCUT2D eigenvalue weighted by Crippen LogP contribution is 2.36. The molecular formula is C20H24N4O2. The Morgan fingerprint density at radius 1 is 1.04 bits per heavy atom. The smallest absolute Gasteiger partial charge is 0.161 e. The molecule has 3 N–H and O–H groups in total. The minimum absolute atomic E-state index is 0.453. The van der Waals surface area contributed by atoms with Crippen LogP contribution in [0, 0.1) is 0 Å². The quantitative estimate of drug-likeness (QED) is 0.656. The van der Waals surface area contributed by atoms with E-state index in [1.807, 2.05) is 18.3 Å². The van der Waals surface area contributed by atoms with E-state index in [9.17, 15) is 0 Å². The molecule has 2 aromatic heterocycles. The summed E-state index contributed by atoms with van der Waals surface area (Å²) < 4.78 is 10.8. The van der Waals surface area contributed by atoms with Crippen LogP contribution in [0.5, 0.6) is 11.5 Å². The van der Waals surface area contributed by atoms with E-state index in [4.69, 9.17) is 14.5 Å². The highest BCUT2D eigenvalue weighted by molar-refractivity contribution is 5.95. The first-order valence-electron chi connectivity index (χ1n) is 8.96. The van der Waals surface area contributed by atoms with Crippen molar-refractivity contribution in [3.8, 4) is 22.6 Å². The maximum absolute atomic E-state index is 5.47. The lowest BCUT2D eigenvalue weighted by Crippen LogP contribution is -2.35. The monoisotopic (exact) mass is 352 g/mol. The molecular weight excluding hydrogens is 328 g/mol. The van der Waals surface area contributed by atoms with Crippen LogP contribution in [0.25, 0.3) is 22.2 Å². The lowest BCUT2D eigenvalue weighted by Gasteiger charge is -2.24. The molecule has 136 valence electrons. The summed E-state index contributed by atoms with van der Waals surface area (Å²) in [6, 6.07) is 10.6. The van der Waals surface area contributed by atoms with Gasteiger partial charge < -0.3 is 25.1 Å². The number of nitrogens with zero attached hydrogens (tertiary/aromatic N) is 1. The van der Waals surface area contributed by atoms with E-state index in [0.29, 0.717) is 6.04 Å². The number of rotatable bonds is 5. The molecule has 6 heteroatoms. The van der Waals surface area contributed by atoms with Crippen molar-refractivity contribution >= 4 is 16.9 Å². The van der Waals surface area contributed by atoms with Crippen molar-refractivity contribution in [1.29, 1.82) is 0 Å². The number of fused-ring (bicyclic) bond motifs is 1. The van der Waals surface area contributed by atoms with Crippen LogP contribution in [0.3, 0.4) is 0 Å². The van der Waals surface area contributed by atoms with Gasteiger partial charge in [0.25, 0.3) is 0 Å². The number of aromatic amines is 1. The van der Waals surface area contributed by atoms with Gasteiger partial charge >= 0.3 is 0 Å². The molecule has 0 radical (unpaired) electrons. The van der Waals surface area contributed by atoms with Gasteiger partial charge in [0.2, 0.25) is 0 Å². The van der Waals surface area contributed by atoms with Crippen molar-refractivity contribution in [1.82, 2.24) is 15.3 Å². The van der Waals surface area contributed by atoms with E-state index in [0.717, 1.165) is 65.4 Å². The Balaban J connectivity index is 1.75. The second kappa shape index (κ2) is 7.25. The molecule has 3 heterocycles. The van der Waals surface area contributed by atoms with Crippen LogP contribution in [0.4, 0.5) is 5.82 Å². The molecule has 6 nitrogen and oxygen atoms in total. The van der Waals surface area contributed by atoms with Gasteiger partial charge in [-0.2, -0.15) is 0 Å². The Morgan fingerprint density at radius 3 is 2.62 bits per heavy atom. The Hall–Kier alpha value is -2.73. The van der Waals surface area contributed by atoms with Gasteiger partial charge in [-0.3, -0.25) is 0 Å². The predicted octanol–water partition coefficient (Wildman–Crippen LogP) is 3.41. The van der Waals surface area contributed by atoms with Gasteiger partial charge in [0.15, 0.2) is 11.5 Å². The van der Waals surface area contributed by atoms with E-state index in [1.54, 1.807) is 14.2 Å². The minimum atomic E-state index is 0.453. The van der Waals surface area contributed by atoms with Crippen molar-refractivity contribution in [2.45, 2.75) is 18.9 Å². The minimum Gasteiger partial charge on any atom is -0.493 e. The second-order valence-electron chi connectivity index (χ2n) is 6.53. The Labute approximate surface area is 152 Å². The molecule has 1 aliphatic heterocycles. The number of pyridine rings is 1. The third kappa shape index (κ3) is 3.20. The molecule has 1 fully saturated rings. The first-order chi connectivity index (χ1) is 12.8. The number of hydrogen-bond acceptors (Lipinski definition) is 5. The molecule has 0 spiro atoms. The molecule has 1 aliphatic rings. The molecule has 0 atom stereocenters. The first-order valence-corrected chi connectivity index (χ1v) is 8.96. The fourth-order valence-electron chi connectivity index (χ4n) is 3.53. The average Bonchev–Trinajstić information content (AvgIpc) is 3.16. The number of nitrogens with one attached hydrogen (secondary N) is 3. The summed E-state index contributed by atoms with van der Waals surface area (Å²) in [5.74, 6) is 2.35. The topological polar surface area (TPSA) is 71.2 Å². The molecule has 0 aliphatic carbocycles. The summed E-state index contributed by atoms with van der Waals surface area (Å²) in [4.78, 5) is 7.99. The number of H-pyrrole nitrogens is 1. The Morgan fingerprint density at radius 2 is 1.85 bits per heavy atom. The van der Waals surface area contributed by atoms with Crippen LogP contribution < -0.4 is 20.1 Å². The highest BCUT2D eigenvalue weighted by atomic mass is 16.5. The molecule has 0 unspecified atom stereocenters. The molecule has 4 rings (SSSR count). The zero-order valence-electron chi connectivity index (χ0n) is 15.1. The van der Waals surface area contributed by atoms with Crippen LogP contribution in [-0.4, -0.2) is 43.3 Å². The number of methoxy groups -OCH3 is 2. The van der Waals surface area contributed by atoms with E-state index >= 15 is 0 Å². The summed E-state index contributed by atoms with van der Waals surface area (Å²) in [6.45, 7) is 2.09. The largest absolute Gasteiger partial charge is 0.493 e. The van der Waals surface area contributed by atoms with Crippen molar-refractivity contribution < 1.29 is 9.47 Å². The number of anilines is 1. The van der Waals surface area contributed by atoms with Crippen LogP contribution in [0.1, 0.15) is 12.8 Å². The normalized spacial score (nSPS) is 15.2. The zero-order valence-corrected chi connectivity index (χ0v) is 15.1. The van der Waals surface area contributed by atoms with E-state index in [2.05, 4.69) is 33.8 Å². The van der Waals surface area contributed by atoms with Crippen molar-refractivity contribution in [3.63, 3.8) is 0 Å². The third-order valence-corrected chi connectivity index (χ3v) is 4.91. The highest BCUT2D eigenvalue weighted by Gasteiger charge is 2.16. The zero-order chi connectivity index (χ0) is 17.9. The summed E-state index contributed by atoms with van der Waals surface area (Å²) in [6.07, 6.45) is 4.14. The number of hydrogen-bond donors (Lipinski definition) is 3. The van der Waals surface area contributed by atoms with Gasteiger partial charge in [-0.1, -0.05) is 6.07 Å². The van der Waals surface area contributed by atoms with Gasteiger partial charge in [0.1, 0.15) is 11.5 Å². The summed E-state index contributed by atoms with van der Waals surface area (Å²) >= 11 is 0. The van der Waals surface area contributed by atoms with Crippen LogP contribution in [0.15, 0.2) is 36.5 Å². The molecule has 1 saturated heterocycles. The first kappa shape index (κ1) is 16.7. The standard InChI is InChI=1S/C20H24N4O2/c1-25-17-4-3-13(11-18(17)26-2)16-12-19(23-14-5-8-21-9-6-14)24-20-15(16)7-10-22-20/h3-4,7,10-12,14,21H,5-6,8-9H2,1-2H3,(H2,22,23,24). The molecule has 0 saturated carbocycles. The van der Waals surface area contributed by atoms with Gasteiger partial charge in [-0.05, 0) is 61.3 Å². The molecule has 0 amide bonds. The number of piperidine rings is 1. The summed E-state index contributed by atoms with van der Waals surface area (Å²) in [5, 5.41) is 8.08. The Bertz CT molecular complexity index is 900.